The van der Waals surface area contributed by atoms with E-state index in [1.54, 1.807) is 19.1 Å². The highest BCUT2D eigenvalue weighted by Crippen LogP contribution is 2.17. The van der Waals surface area contributed by atoms with Crippen molar-refractivity contribution in [2.24, 2.45) is 0 Å². The third-order valence-electron chi connectivity index (χ3n) is 3.08. The van der Waals surface area contributed by atoms with Crippen molar-refractivity contribution < 1.29 is 14.4 Å². The Hall–Kier alpha value is -1.66. The van der Waals surface area contributed by atoms with E-state index in [2.05, 4.69) is 5.32 Å². The first-order chi connectivity index (χ1) is 9.59. The van der Waals surface area contributed by atoms with Crippen LogP contribution in [-0.2, 0) is 4.79 Å². The predicted octanol–water partition coefficient (Wildman–Crippen LogP) is 1.54. The molecule has 1 N–H and O–H groups in total. The first-order valence-corrected chi connectivity index (χ1v) is 7.38. The molecule has 1 aliphatic heterocycles. The molecule has 1 fully saturated rings. The summed E-state index contributed by atoms with van der Waals surface area (Å²) < 4.78 is 0. The topological polar surface area (TPSA) is 66.5 Å². The lowest BCUT2D eigenvalue weighted by molar-refractivity contribution is -0.124. The normalized spacial score (nSPS) is 16.6. The molecule has 0 bridgehead atoms. The van der Waals surface area contributed by atoms with Crippen molar-refractivity contribution in [3.8, 4) is 0 Å². The molecule has 2 amide bonds. The molecule has 106 valence electrons. The summed E-state index contributed by atoms with van der Waals surface area (Å²) in [6.45, 7) is 2.49. The number of ketones is 1. The zero-order valence-corrected chi connectivity index (χ0v) is 12.0. The Morgan fingerprint density at radius 1 is 1.35 bits per heavy atom. The van der Waals surface area contributed by atoms with E-state index in [0.717, 1.165) is 11.8 Å². The standard InChI is InChI=1S/C14H16N2O3S/c1-10(13(18)11-5-3-2-4-6-11)15-7-8-16-12(17)9-20-14(16)19/h2-6,10,15H,7-9H2,1H3. The van der Waals surface area contributed by atoms with Gasteiger partial charge in [0.15, 0.2) is 5.78 Å². The Morgan fingerprint density at radius 2 is 2.05 bits per heavy atom. The molecule has 0 aromatic heterocycles. The number of hydrogen-bond donors (Lipinski definition) is 1. The molecular formula is C14H16N2O3S. The first kappa shape index (κ1) is 14.7. The van der Waals surface area contributed by atoms with Crippen LogP contribution >= 0.6 is 11.8 Å². The summed E-state index contributed by atoms with van der Waals surface area (Å²) in [5.74, 6) is 0.0556. The molecule has 1 atom stereocenters. The van der Waals surface area contributed by atoms with Crippen LogP contribution in [0.5, 0.6) is 0 Å². The molecule has 1 aromatic carbocycles. The van der Waals surface area contributed by atoms with Gasteiger partial charge in [0.2, 0.25) is 5.91 Å². The van der Waals surface area contributed by atoms with Crippen molar-refractivity contribution in [3.63, 3.8) is 0 Å². The smallest absolute Gasteiger partial charge is 0.288 e. The molecule has 1 aliphatic rings. The van der Waals surface area contributed by atoms with Crippen molar-refractivity contribution in [2.45, 2.75) is 13.0 Å². The van der Waals surface area contributed by atoms with Gasteiger partial charge in [-0.1, -0.05) is 42.1 Å². The van der Waals surface area contributed by atoms with E-state index in [-0.39, 0.29) is 28.7 Å². The van der Waals surface area contributed by atoms with Gasteiger partial charge in [-0.05, 0) is 6.92 Å². The van der Waals surface area contributed by atoms with E-state index in [0.29, 0.717) is 18.7 Å². The van der Waals surface area contributed by atoms with Crippen LogP contribution in [0, 0.1) is 0 Å². The van der Waals surface area contributed by atoms with Crippen LogP contribution in [0.25, 0.3) is 0 Å². The molecule has 20 heavy (non-hydrogen) atoms. The van der Waals surface area contributed by atoms with E-state index in [1.165, 1.54) is 4.90 Å². The summed E-state index contributed by atoms with van der Waals surface area (Å²) in [5, 5.41) is 2.83. The molecule has 1 unspecified atom stereocenters. The maximum atomic E-state index is 12.1. The third-order valence-corrected chi connectivity index (χ3v) is 3.94. The van der Waals surface area contributed by atoms with Crippen molar-refractivity contribution >= 4 is 28.7 Å². The number of nitrogens with zero attached hydrogens (tertiary/aromatic N) is 1. The number of amides is 2. The number of benzene rings is 1. The predicted molar refractivity (Wildman–Crippen MR) is 77.8 cm³/mol. The third kappa shape index (κ3) is 3.46. The van der Waals surface area contributed by atoms with Crippen LogP contribution < -0.4 is 5.32 Å². The lowest BCUT2D eigenvalue weighted by atomic mass is 10.1. The number of Topliss-reactive ketones (excluding diaryl/α,β-unsaturated/α-hetero) is 1. The molecule has 0 radical (unpaired) electrons. The molecule has 0 spiro atoms. The second-order valence-electron chi connectivity index (χ2n) is 4.51. The summed E-state index contributed by atoms with van der Waals surface area (Å²) in [6.07, 6.45) is 0. The maximum absolute atomic E-state index is 12.1. The van der Waals surface area contributed by atoms with Gasteiger partial charge in [-0.3, -0.25) is 19.3 Å². The van der Waals surface area contributed by atoms with Crippen LogP contribution in [0.2, 0.25) is 0 Å². The lowest BCUT2D eigenvalue weighted by Gasteiger charge is -2.16. The van der Waals surface area contributed by atoms with Crippen molar-refractivity contribution in [1.29, 1.82) is 0 Å². The number of rotatable bonds is 6. The maximum Gasteiger partial charge on any atom is 0.288 e. The number of nitrogens with one attached hydrogen (secondary N) is 1. The number of carbonyl (C=O) groups excluding carboxylic acids is 3. The van der Waals surface area contributed by atoms with Gasteiger partial charge in [-0.25, -0.2) is 0 Å². The lowest BCUT2D eigenvalue weighted by Crippen LogP contribution is -2.41. The number of thioether (sulfide) groups is 1. The van der Waals surface area contributed by atoms with Crippen LogP contribution in [0.3, 0.4) is 0 Å². The number of hydrogen-bond acceptors (Lipinski definition) is 5. The van der Waals surface area contributed by atoms with E-state index in [9.17, 15) is 14.4 Å². The Balaban J connectivity index is 1.81. The monoisotopic (exact) mass is 292 g/mol. The average molecular weight is 292 g/mol. The Labute approximate surface area is 121 Å². The summed E-state index contributed by atoms with van der Waals surface area (Å²) in [7, 11) is 0. The zero-order valence-electron chi connectivity index (χ0n) is 11.2. The van der Waals surface area contributed by atoms with Gasteiger partial charge in [0, 0.05) is 18.7 Å². The van der Waals surface area contributed by atoms with E-state index >= 15 is 0 Å². The van der Waals surface area contributed by atoms with Gasteiger partial charge in [0.25, 0.3) is 5.24 Å². The number of carbonyl (C=O) groups is 3. The van der Waals surface area contributed by atoms with Crippen LogP contribution in [-0.4, -0.2) is 46.7 Å². The van der Waals surface area contributed by atoms with Gasteiger partial charge in [0.05, 0.1) is 11.8 Å². The molecule has 1 heterocycles. The fraction of sp³-hybridized carbons (Fsp3) is 0.357. The molecule has 1 saturated heterocycles. The van der Waals surface area contributed by atoms with Gasteiger partial charge in [-0.2, -0.15) is 0 Å². The Bertz CT molecular complexity index is 502. The molecule has 0 aliphatic carbocycles. The summed E-state index contributed by atoms with van der Waals surface area (Å²) in [5.41, 5.74) is 0.649. The minimum Gasteiger partial charge on any atom is -0.306 e. The highest BCUT2D eigenvalue weighted by atomic mass is 32.2. The molecule has 6 heteroatoms. The van der Waals surface area contributed by atoms with Gasteiger partial charge < -0.3 is 5.32 Å². The molecule has 2 rings (SSSR count). The second kappa shape index (κ2) is 6.67. The number of imide groups is 1. The summed E-state index contributed by atoms with van der Waals surface area (Å²) in [6, 6.07) is 8.68. The molecule has 5 nitrogen and oxygen atoms in total. The fourth-order valence-electron chi connectivity index (χ4n) is 1.94. The molecular weight excluding hydrogens is 276 g/mol. The van der Waals surface area contributed by atoms with Gasteiger partial charge in [-0.15, -0.1) is 0 Å². The van der Waals surface area contributed by atoms with Crippen molar-refractivity contribution in [3.05, 3.63) is 35.9 Å². The highest BCUT2D eigenvalue weighted by molar-refractivity contribution is 8.14. The second-order valence-corrected chi connectivity index (χ2v) is 5.43. The zero-order chi connectivity index (χ0) is 14.5. The van der Waals surface area contributed by atoms with Gasteiger partial charge >= 0.3 is 0 Å². The van der Waals surface area contributed by atoms with E-state index in [4.69, 9.17) is 0 Å². The summed E-state index contributed by atoms with van der Waals surface area (Å²) in [4.78, 5) is 36.1. The van der Waals surface area contributed by atoms with Crippen LogP contribution in [0.4, 0.5) is 4.79 Å². The minimum absolute atomic E-state index is 0.000880. The first-order valence-electron chi connectivity index (χ1n) is 6.39. The van der Waals surface area contributed by atoms with Crippen molar-refractivity contribution in [1.82, 2.24) is 10.2 Å². The highest BCUT2D eigenvalue weighted by Gasteiger charge is 2.29. The SMILES string of the molecule is CC(NCCN1C(=O)CSC1=O)C(=O)c1ccccc1. The van der Waals surface area contributed by atoms with Gasteiger partial charge in [0.1, 0.15) is 0 Å². The Morgan fingerprint density at radius 3 is 2.65 bits per heavy atom. The van der Waals surface area contributed by atoms with E-state index in [1.807, 2.05) is 18.2 Å². The molecule has 0 saturated carbocycles. The quantitative estimate of drug-likeness (QED) is 0.806. The minimum atomic E-state index is -0.349. The van der Waals surface area contributed by atoms with Crippen molar-refractivity contribution in [2.75, 3.05) is 18.8 Å². The fourth-order valence-corrected chi connectivity index (χ4v) is 2.69. The molecule has 1 aromatic rings. The van der Waals surface area contributed by atoms with E-state index < -0.39 is 0 Å². The largest absolute Gasteiger partial charge is 0.306 e. The van der Waals surface area contributed by atoms with Crippen LogP contribution in [0.15, 0.2) is 30.3 Å². The average Bonchev–Trinajstić information content (AvgIpc) is 2.79. The summed E-state index contributed by atoms with van der Waals surface area (Å²) >= 11 is 1.02. The Kier molecular flexibility index (Phi) is 4.92. The van der Waals surface area contributed by atoms with Crippen LogP contribution in [0.1, 0.15) is 17.3 Å².